The Hall–Kier alpha value is -2.74. The van der Waals surface area contributed by atoms with E-state index in [9.17, 15) is 26.7 Å². The summed E-state index contributed by atoms with van der Waals surface area (Å²) in [4.78, 5) is 10.8. The summed E-state index contributed by atoms with van der Waals surface area (Å²) in [5.41, 5.74) is 4.78. The zero-order valence-corrected chi connectivity index (χ0v) is 13.2. The molecule has 26 heavy (non-hydrogen) atoms. The van der Waals surface area contributed by atoms with Gasteiger partial charge in [-0.1, -0.05) is 18.2 Å². The largest absolute Gasteiger partial charge is 0.480 e. The average Bonchev–Trinajstić information content (AvgIpc) is 2.55. The standard InChI is InChI=1S/C18H14F5NO2/c19-12-5-6-14(15(20)9-12)13(7-8-16(24)17(25)26)10-1-3-11(4-2-10)18(21,22)23/h1-7,9,16H,8,24H2,(H,25,26)/b13-7-. The van der Waals surface area contributed by atoms with Crippen molar-refractivity contribution in [1.82, 2.24) is 0 Å². The molecular weight excluding hydrogens is 357 g/mol. The first-order valence-corrected chi connectivity index (χ1v) is 7.41. The molecular formula is C18H14F5NO2. The minimum atomic E-state index is -4.53. The summed E-state index contributed by atoms with van der Waals surface area (Å²) < 4.78 is 65.4. The molecule has 3 nitrogen and oxygen atoms in total. The monoisotopic (exact) mass is 371 g/mol. The van der Waals surface area contributed by atoms with Crippen LogP contribution < -0.4 is 5.73 Å². The number of alkyl halides is 3. The van der Waals surface area contributed by atoms with Gasteiger partial charge in [-0.3, -0.25) is 4.79 Å². The van der Waals surface area contributed by atoms with Crippen molar-refractivity contribution in [3.63, 3.8) is 0 Å². The van der Waals surface area contributed by atoms with Crippen molar-refractivity contribution in [2.45, 2.75) is 18.6 Å². The average molecular weight is 371 g/mol. The summed E-state index contributed by atoms with van der Waals surface area (Å²) in [5.74, 6) is -3.03. The van der Waals surface area contributed by atoms with E-state index in [1.807, 2.05) is 0 Å². The van der Waals surface area contributed by atoms with E-state index in [-0.39, 0.29) is 23.1 Å². The molecule has 0 aromatic heterocycles. The van der Waals surface area contributed by atoms with Crippen LogP contribution in [0.15, 0.2) is 48.5 Å². The van der Waals surface area contributed by atoms with Gasteiger partial charge in [0.25, 0.3) is 0 Å². The number of halogens is 5. The second-order valence-corrected chi connectivity index (χ2v) is 5.50. The Bertz CT molecular complexity index is 828. The van der Waals surface area contributed by atoms with Crippen molar-refractivity contribution in [3.05, 3.63) is 76.9 Å². The Labute approximate surface area is 145 Å². The minimum Gasteiger partial charge on any atom is -0.480 e. The Morgan fingerprint density at radius 3 is 2.23 bits per heavy atom. The van der Waals surface area contributed by atoms with Gasteiger partial charge in [-0.25, -0.2) is 8.78 Å². The van der Waals surface area contributed by atoms with E-state index in [1.54, 1.807) is 0 Å². The van der Waals surface area contributed by atoms with Crippen LogP contribution in [-0.4, -0.2) is 17.1 Å². The Morgan fingerprint density at radius 2 is 1.73 bits per heavy atom. The van der Waals surface area contributed by atoms with Gasteiger partial charge in [0.05, 0.1) is 5.56 Å². The van der Waals surface area contributed by atoms with Crippen molar-refractivity contribution in [1.29, 1.82) is 0 Å². The number of nitrogens with two attached hydrogens (primary N) is 1. The van der Waals surface area contributed by atoms with Crippen LogP contribution in [0.5, 0.6) is 0 Å². The highest BCUT2D eigenvalue weighted by atomic mass is 19.4. The number of rotatable bonds is 5. The molecule has 0 radical (unpaired) electrons. The van der Waals surface area contributed by atoms with Gasteiger partial charge in [0.2, 0.25) is 0 Å². The molecule has 0 bridgehead atoms. The lowest BCUT2D eigenvalue weighted by molar-refractivity contribution is -0.139. The van der Waals surface area contributed by atoms with Crippen LogP contribution in [0.1, 0.15) is 23.1 Å². The van der Waals surface area contributed by atoms with Gasteiger partial charge in [-0.05, 0) is 41.8 Å². The summed E-state index contributed by atoms with van der Waals surface area (Å²) >= 11 is 0. The minimum absolute atomic E-state index is 0.0799. The van der Waals surface area contributed by atoms with Crippen LogP contribution in [0.25, 0.3) is 5.57 Å². The first kappa shape index (κ1) is 19.6. The number of aliphatic carboxylic acids is 1. The van der Waals surface area contributed by atoms with E-state index in [2.05, 4.69) is 0 Å². The van der Waals surface area contributed by atoms with Crippen molar-refractivity contribution >= 4 is 11.5 Å². The van der Waals surface area contributed by atoms with Crippen LogP contribution in [-0.2, 0) is 11.0 Å². The maximum Gasteiger partial charge on any atom is 0.416 e. The van der Waals surface area contributed by atoms with Gasteiger partial charge in [0.15, 0.2) is 0 Å². The molecule has 0 saturated carbocycles. The van der Waals surface area contributed by atoms with E-state index in [0.717, 1.165) is 36.4 Å². The molecule has 0 amide bonds. The molecule has 0 aliphatic heterocycles. The highest BCUT2D eigenvalue weighted by molar-refractivity contribution is 5.81. The second-order valence-electron chi connectivity index (χ2n) is 5.50. The number of hydrogen-bond donors (Lipinski definition) is 2. The molecule has 1 unspecified atom stereocenters. The molecule has 2 rings (SSSR count). The van der Waals surface area contributed by atoms with Gasteiger partial charge in [-0.15, -0.1) is 0 Å². The van der Waals surface area contributed by atoms with Gasteiger partial charge in [0.1, 0.15) is 17.7 Å². The summed E-state index contributed by atoms with van der Waals surface area (Å²) in [6.07, 6.45) is -3.42. The molecule has 8 heteroatoms. The second kappa shape index (κ2) is 7.65. The van der Waals surface area contributed by atoms with E-state index in [0.29, 0.717) is 6.07 Å². The number of carbonyl (C=O) groups is 1. The fourth-order valence-electron chi connectivity index (χ4n) is 2.28. The fourth-order valence-corrected chi connectivity index (χ4v) is 2.28. The fraction of sp³-hybridized carbons (Fsp3) is 0.167. The zero-order valence-electron chi connectivity index (χ0n) is 13.2. The quantitative estimate of drug-likeness (QED) is 0.774. The van der Waals surface area contributed by atoms with Crippen molar-refractivity contribution in [2.24, 2.45) is 5.73 Å². The van der Waals surface area contributed by atoms with Gasteiger partial charge >= 0.3 is 12.1 Å². The van der Waals surface area contributed by atoms with Crippen molar-refractivity contribution < 1.29 is 31.9 Å². The lowest BCUT2D eigenvalue weighted by Crippen LogP contribution is -2.29. The lowest BCUT2D eigenvalue weighted by atomic mass is 9.94. The summed E-state index contributed by atoms with van der Waals surface area (Å²) in [7, 11) is 0. The molecule has 2 aromatic carbocycles. The smallest absolute Gasteiger partial charge is 0.416 e. The van der Waals surface area contributed by atoms with Crippen LogP contribution in [0, 0.1) is 11.6 Å². The molecule has 3 N–H and O–H groups in total. The Morgan fingerprint density at radius 1 is 1.12 bits per heavy atom. The number of benzene rings is 2. The normalized spacial score (nSPS) is 13.5. The van der Waals surface area contributed by atoms with Crippen molar-refractivity contribution in [3.8, 4) is 0 Å². The molecule has 0 heterocycles. The van der Waals surface area contributed by atoms with E-state index in [4.69, 9.17) is 10.8 Å². The highest BCUT2D eigenvalue weighted by Gasteiger charge is 2.30. The number of carboxylic acids is 1. The van der Waals surface area contributed by atoms with Gasteiger partial charge < -0.3 is 10.8 Å². The Kier molecular flexibility index (Phi) is 5.76. The molecule has 0 spiro atoms. The zero-order chi connectivity index (χ0) is 19.5. The predicted octanol–water partition coefficient (Wildman–Crippen LogP) is 4.22. The van der Waals surface area contributed by atoms with Crippen LogP contribution in [0.4, 0.5) is 22.0 Å². The molecule has 138 valence electrons. The van der Waals surface area contributed by atoms with E-state index >= 15 is 0 Å². The third kappa shape index (κ3) is 4.66. The maximum absolute atomic E-state index is 14.1. The van der Waals surface area contributed by atoms with Crippen molar-refractivity contribution in [2.75, 3.05) is 0 Å². The summed E-state index contributed by atoms with van der Waals surface area (Å²) in [6, 6.07) is 5.37. The molecule has 0 fully saturated rings. The van der Waals surface area contributed by atoms with Gasteiger partial charge in [0, 0.05) is 11.6 Å². The predicted molar refractivity (Wildman–Crippen MR) is 85.1 cm³/mol. The first-order valence-electron chi connectivity index (χ1n) is 7.41. The van der Waals surface area contributed by atoms with Crippen LogP contribution >= 0.6 is 0 Å². The third-order valence-electron chi connectivity index (χ3n) is 3.64. The highest BCUT2D eigenvalue weighted by Crippen LogP contribution is 2.32. The third-order valence-corrected chi connectivity index (χ3v) is 3.64. The summed E-state index contributed by atoms with van der Waals surface area (Å²) in [6.45, 7) is 0. The van der Waals surface area contributed by atoms with Crippen LogP contribution in [0.3, 0.4) is 0 Å². The first-order chi connectivity index (χ1) is 12.1. The molecule has 0 aliphatic rings. The maximum atomic E-state index is 14.1. The molecule has 1 atom stereocenters. The summed E-state index contributed by atoms with van der Waals surface area (Å²) in [5, 5.41) is 8.85. The van der Waals surface area contributed by atoms with E-state index < -0.39 is 35.4 Å². The molecule has 0 saturated heterocycles. The number of hydrogen-bond acceptors (Lipinski definition) is 2. The van der Waals surface area contributed by atoms with E-state index in [1.165, 1.54) is 6.08 Å². The molecule has 0 aliphatic carbocycles. The SMILES string of the molecule is NC(C/C=C(/c1ccc(C(F)(F)F)cc1)c1ccc(F)cc1F)C(=O)O. The lowest BCUT2D eigenvalue weighted by Gasteiger charge is -2.13. The topological polar surface area (TPSA) is 63.3 Å². The van der Waals surface area contributed by atoms with Gasteiger partial charge in [-0.2, -0.15) is 13.2 Å². The molecule has 2 aromatic rings. The Balaban J connectivity index is 2.50. The van der Waals surface area contributed by atoms with Crippen LogP contribution in [0.2, 0.25) is 0 Å². The number of carboxylic acid groups (broad SMARTS) is 1.